The first kappa shape index (κ1) is 15.5. The molecule has 2 rings (SSSR count). The Morgan fingerprint density at radius 3 is 2.80 bits per heavy atom. The molecule has 3 unspecified atom stereocenters. The van der Waals surface area contributed by atoms with Gasteiger partial charge in [-0.15, -0.1) is 0 Å². The van der Waals surface area contributed by atoms with Gasteiger partial charge in [-0.2, -0.15) is 0 Å². The first-order chi connectivity index (χ1) is 9.47. The normalized spacial score (nSPS) is 27.4. The smallest absolute Gasteiger partial charge is 0.122 e. The van der Waals surface area contributed by atoms with E-state index in [0.717, 1.165) is 30.7 Å². The lowest BCUT2D eigenvalue weighted by molar-refractivity contribution is 0.145. The third-order valence-corrected chi connectivity index (χ3v) is 4.90. The van der Waals surface area contributed by atoms with E-state index in [1.54, 1.807) is 0 Å². The molecule has 4 heteroatoms. The molecule has 1 heterocycles. The highest BCUT2D eigenvalue weighted by molar-refractivity contribution is 4.92. The largest absolute Gasteiger partial charge is 0.337 e. The molecule has 0 amide bonds. The number of aryl methyl sites for hydroxylation is 1. The van der Waals surface area contributed by atoms with Crippen molar-refractivity contribution in [1.29, 1.82) is 0 Å². The van der Waals surface area contributed by atoms with E-state index in [1.165, 1.54) is 19.3 Å². The Balaban J connectivity index is 1.89. The number of rotatable bonds is 5. The molecular weight excluding hydrogens is 248 g/mol. The summed E-state index contributed by atoms with van der Waals surface area (Å²) in [5, 5.41) is 0. The molecule has 0 aromatic carbocycles. The molecule has 0 saturated heterocycles. The second-order valence-electron chi connectivity index (χ2n) is 6.89. The van der Waals surface area contributed by atoms with Crippen molar-refractivity contribution in [1.82, 2.24) is 14.5 Å². The molecule has 2 N–H and O–H groups in total. The molecular formula is C16H30N4. The topological polar surface area (TPSA) is 47.1 Å². The average molecular weight is 278 g/mol. The van der Waals surface area contributed by atoms with E-state index in [9.17, 15) is 0 Å². The quantitative estimate of drug-likeness (QED) is 0.898. The van der Waals surface area contributed by atoms with Gasteiger partial charge in [-0.25, -0.2) is 4.98 Å². The summed E-state index contributed by atoms with van der Waals surface area (Å²) in [6.07, 6.45) is 7.64. The summed E-state index contributed by atoms with van der Waals surface area (Å²) in [6, 6.07) is 0.369. The zero-order valence-electron chi connectivity index (χ0n) is 13.4. The molecule has 0 radical (unpaired) electrons. The van der Waals surface area contributed by atoms with E-state index in [0.29, 0.717) is 12.0 Å². The second-order valence-corrected chi connectivity index (χ2v) is 6.89. The van der Waals surface area contributed by atoms with Crippen LogP contribution in [0, 0.1) is 17.8 Å². The number of aromatic nitrogens is 2. The second kappa shape index (κ2) is 6.72. The fourth-order valence-electron chi connectivity index (χ4n) is 3.39. The van der Waals surface area contributed by atoms with Crippen LogP contribution in [0.15, 0.2) is 12.4 Å². The van der Waals surface area contributed by atoms with E-state index >= 15 is 0 Å². The van der Waals surface area contributed by atoms with Crippen molar-refractivity contribution >= 4 is 0 Å². The fourth-order valence-corrected chi connectivity index (χ4v) is 3.39. The van der Waals surface area contributed by atoms with E-state index in [1.807, 2.05) is 12.4 Å². The molecule has 114 valence electrons. The molecule has 0 spiro atoms. The summed E-state index contributed by atoms with van der Waals surface area (Å²) < 4.78 is 2.09. The maximum Gasteiger partial charge on any atom is 0.122 e. The molecule has 0 bridgehead atoms. The third kappa shape index (κ3) is 3.83. The van der Waals surface area contributed by atoms with Crippen molar-refractivity contribution in [3.63, 3.8) is 0 Å². The molecule has 20 heavy (non-hydrogen) atoms. The molecule has 1 saturated carbocycles. The standard InChI is InChI=1S/C16H30N4/c1-12(2)13-5-6-15(17)14(9-13)10-19(3)11-16-18-7-8-20(16)4/h7-8,12-15H,5-6,9-11,17H2,1-4H3. The van der Waals surface area contributed by atoms with Gasteiger partial charge < -0.3 is 10.3 Å². The van der Waals surface area contributed by atoms with Crippen LogP contribution in [0.5, 0.6) is 0 Å². The Hall–Kier alpha value is -0.870. The van der Waals surface area contributed by atoms with Crippen LogP contribution in [0.1, 0.15) is 38.9 Å². The molecule has 3 atom stereocenters. The summed E-state index contributed by atoms with van der Waals surface area (Å²) in [5.41, 5.74) is 6.35. The molecule has 1 fully saturated rings. The lowest BCUT2D eigenvalue weighted by Crippen LogP contribution is -2.43. The van der Waals surface area contributed by atoms with Gasteiger partial charge in [-0.1, -0.05) is 13.8 Å². The van der Waals surface area contributed by atoms with Crippen LogP contribution in [0.25, 0.3) is 0 Å². The van der Waals surface area contributed by atoms with E-state index in [2.05, 4.69) is 42.4 Å². The maximum absolute atomic E-state index is 6.35. The minimum absolute atomic E-state index is 0.369. The maximum atomic E-state index is 6.35. The SMILES string of the molecule is CC(C)C1CCC(N)C(CN(C)Cc2nccn2C)C1. The molecule has 4 nitrogen and oxygen atoms in total. The molecule has 1 aliphatic carbocycles. The third-order valence-electron chi connectivity index (χ3n) is 4.90. The van der Waals surface area contributed by atoms with Crippen LogP contribution in [-0.4, -0.2) is 34.1 Å². The molecule has 1 aliphatic rings. The van der Waals surface area contributed by atoms with E-state index in [4.69, 9.17) is 5.73 Å². The minimum Gasteiger partial charge on any atom is -0.337 e. The summed E-state index contributed by atoms with van der Waals surface area (Å²) >= 11 is 0. The average Bonchev–Trinajstić information content (AvgIpc) is 2.77. The Labute approximate surface area is 123 Å². The monoisotopic (exact) mass is 278 g/mol. The van der Waals surface area contributed by atoms with Crippen molar-refractivity contribution in [3.8, 4) is 0 Å². The van der Waals surface area contributed by atoms with Gasteiger partial charge in [-0.3, -0.25) is 4.90 Å². The molecule has 1 aromatic heterocycles. The van der Waals surface area contributed by atoms with E-state index in [-0.39, 0.29) is 0 Å². The van der Waals surface area contributed by atoms with Crippen LogP contribution in [0.3, 0.4) is 0 Å². The van der Waals surface area contributed by atoms with Gasteiger partial charge >= 0.3 is 0 Å². The Morgan fingerprint density at radius 1 is 1.45 bits per heavy atom. The van der Waals surface area contributed by atoms with Crippen molar-refractivity contribution in [3.05, 3.63) is 18.2 Å². The fraction of sp³-hybridized carbons (Fsp3) is 0.812. The van der Waals surface area contributed by atoms with Gasteiger partial charge in [0.2, 0.25) is 0 Å². The Bertz CT molecular complexity index is 412. The van der Waals surface area contributed by atoms with Gasteiger partial charge in [0.1, 0.15) is 5.82 Å². The number of nitrogens with zero attached hydrogens (tertiary/aromatic N) is 3. The first-order valence-corrected chi connectivity index (χ1v) is 7.87. The van der Waals surface area contributed by atoms with Crippen LogP contribution in [0.2, 0.25) is 0 Å². The highest BCUT2D eigenvalue weighted by Crippen LogP contribution is 2.33. The number of hydrogen-bond donors (Lipinski definition) is 1. The van der Waals surface area contributed by atoms with Crippen LogP contribution >= 0.6 is 0 Å². The minimum atomic E-state index is 0.369. The van der Waals surface area contributed by atoms with Crippen molar-refractivity contribution in [2.75, 3.05) is 13.6 Å². The van der Waals surface area contributed by atoms with Gasteiger partial charge in [-0.05, 0) is 44.1 Å². The van der Waals surface area contributed by atoms with Gasteiger partial charge in [0.25, 0.3) is 0 Å². The number of imidazole rings is 1. The molecule has 0 aliphatic heterocycles. The zero-order chi connectivity index (χ0) is 14.7. The van der Waals surface area contributed by atoms with Crippen molar-refractivity contribution < 1.29 is 0 Å². The van der Waals surface area contributed by atoms with Gasteiger partial charge in [0, 0.05) is 32.0 Å². The van der Waals surface area contributed by atoms with Crippen LogP contribution in [-0.2, 0) is 13.6 Å². The van der Waals surface area contributed by atoms with Crippen LogP contribution < -0.4 is 5.73 Å². The lowest BCUT2D eigenvalue weighted by Gasteiger charge is -2.37. The van der Waals surface area contributed by atoms with Gasteiger partial charge in [0.05, 0.1) is 6.54 Å². The Kier molecular flexibility index (Phi) is 5.22. The first-order valence-electron chi connectivity index (χ1n) is 7.87. The highest BCUT2D eigenvalue weighted by Gasteiger charge is 2.30. The summed E-state index contributed by atoms with van der Waals surface area (Å²) in [4.78, 5) is 6.77. The predicted molar refractivity (Wildman–Crippen MR) is 83.2 cm³/mol. The summed E-state index contributed by atoms with van der Waals surface area (Å²) in [6.45, 7) is 6.67. The number of nitrogens with two attached hydrogens (primary N) is 1. The van der Waals surface area contributed by atoms with Crippen molar-refractivity contribution in [2.45, 2.75) is 45.7 Å². The number of hydrogen-bond acceptors (Lipinski definition) is 3. The molecule has 1 aromatic rings. The van der Waals surface area contributed by atoms with Gasteiger partial charge in [0.15, 0.2) is 0 Å². The Morgan fingerprint density at radius 2 is 2.20 bits per heavy atom. The van der Waals surface area contributed by atoms with E-state index < -0.39 is 0 Å². The lowest BCUT2D eigenvalue weighted by atomic mass is 9.74. The van der Waals surface area contributed by atoms with Crippen molar-refractivity contribution in [2.24, 2.45) is 30.5 Å². The highest BCUT2D eigenvalue weighted by atomic mass is 15.2. The summed E-state index contributed by atoms with van der Waals surface area (Å²) in [7, 11) is 4.23. The van der Waals surface area contributed by atoms with Crippen LogP contribution in [0.4, 0.5) is 0 Å². The zero-order valence-corrected chi connectivity index (χ0v) is 13.4. The predicted octanol–water partition coefficient (Wildman–Crippen LogP) is 2.25. The summed E-state index contributed by atoms with van der Waals surface area (Å²) in [5.74, 6) is 3.38.